The summed E-state index contributed by atoms with van der Waals surface area (Å²) >= 11 is 5.91. The molecule has 2 aromatic carbocycles. The lowest BCUT2D eigenvalue weighted by atomic mass is 10.2. The molecule has 0 aliphatic heterocycles. The van der Waals surface area contributed by atoms with Crippen LogP contribution in [-0.4, -0.2) is 27.5 Å². The first kappa shape index (κ1) is 20.0. The van der Waals surface area contributed by atoms with E-state index in [4.69, 9.17) is 21.1 Å². The van der Waals surface area contributed by atoms with Gasteiger partial charge in [-0.1, -0.05) is 11.6 Å². The van der Waals surface area contributed by atoms with Crippen LogP contribution in [0.3, 0.4) is 0 Å². The SMILES string of the molecule is CCOc1ccc(S(=O)(=O)NNC(=O)COc2ccc(Cl)c(C)c2)cc1. The predicted octanol–water partition coefficient (Wildman–Crippen LogP) is 2.44. The second kappa shape index (κ2) is 8.88. The molecule has 2 aromatic rings. The molecule has 0 saturated heterocycles. The van der Waals surface area contributed by atoms with Crippen LogP contribution in [0, 0.1) is 6.92 Å². The zero-order valence-corrected chi connectivity index (χ0v) is 15.9. The van der Waals surface area contributed by atoms with Gasteiger partial charge in [0.15, 0.2) is 6.61 Å². The summed E-state index contributed by atoms with van der Waals surface area (Å²) in [4.78, 5) is 13.8. The van der Waals surface area contributed by atoms with E-state index in [1.807, 2.05) is 11.8 Å². The minimum atomic E-state index is -3.89. The highest BCUT2D eigenvalue weighted by atomic mass is 35.5. The molecule has 0 unspecified atom stereocenters. The normalized spacial score (nSPS) is 11.0. The third-order valence-corrected chi connectivity index (χ3v) is 4.96. The molecule has 9 heteroatoms. The van der Waals surface area contributed by atoms with Crippen molar-refractivity contribution in [2.75, 3.05) is 13.2 Å². The Balaban J connectivity index is 1.87. The standard InChI is InChI=1S/C17H19ClN2O5S/c1-3-24-13-4-7-15(8-5-13)26(22,23)20-19-17(21)11-25-14-6-9-16(18)12(2)10-14/h4-10,20H,3,11H2,1-2H3,(H,19,21). The van der Waals surface area contributed by atoms with Crippen LogP contribution in [0.4, 0.5) is 0 Å². The van der Waals surface area contributed by atoms with Gasteiger partial charge >= 0.3 is 0 Å². The predicted molar refractivity (Wildman–Crippen MR) is 97.8 cm³/mol. The van der Waals surface area contributed by atoms with Crippen molar-refractivity contribution in [3.05, 3.63) is 53.1 Å². The second-order valence-electron chi connectivity index (χ2n) is 5.26. The monoisotopic (exact) mass is 398 g/mol. The van der Waals surface area contributed by atoms with Gasteiger partial charge in [0.05, 0.1) is 11.5 Å². The molecule has 0 atom stereocenters. The third kappa shape index (κ3) is 5.62. The quantitative estimate of drug-likeness (QED) is 0.666. The molecule has 0 saturated carbocycles. The van der Waals surface area contributed by atoms with Crippen LogP contribution in [-0.2, 0) is 14.8 Å². The van der Waals surface area contributed by atoms with Crippen molar-refractivity contribution in [2.24, 2.45) is 0 Å². The number of ether oxygens (including phenoxy) is 2. The molecule has 0 bridgehead atoms. The number of benzene rings is 2. The van der Waals surface area contributed by atoms with E-state index in [0.29, 0.717) is 23.1 Å². The Morgan fingerprint density at radius 2 is 1.73 bits per heavy atom. The third-order valence-electron chi connectivity index (χ3n) is 3.27. The second-order valence-corrected chi connectivity index (χ2v) is 7.35. The molecular formula is C17H19ClN2O5S. The average molecular weight is 399 g/mol. The topological polar surface area (TPSA) is 93.7 Å². The summed E-state index contributed by atoms with van der Waals surface area (Å²) in [6, 6.07) is 10.8. The minimum absolute atomic E-state index is 0.00417. The summed E-state index contributed by atoms with van der Waals surface area (Å²) in [5.41, 5.74) is 2.90. The number of hydrazine groups is 1. The Morgan fingerprint density at radius 1 is 1.08 bits per heavy atom. The van der Waals surface area contributed by atoms with E-state index >= 15 is 0 Å². The van der Waals surface area contributed by atoms with Gasteiger partial charge < -0.3 is 9.47 Å². The summed E-state index contributed by atoms with van der Waals surface area (Å²) in [6.07, 6.45) is 0. The van der Waals surface area contributed by atoms with Gasteiger partial charge in [0.2, 0.25) is 0 Å². The summed E-state index contributed by atoms with van der Waals surface area (Å²) in [7, 11) is -3.89. The lowest BCUT2D eigenvalue weighted by molar-refractivity contribution is -0.123. The average Bonchev–Trinajstić information content (AvgIpc) is 2.62. The van der Waals surface area contributed by atoms with Gasteiger partial charge in [-0.15, -0.1) is 4.83 Å². The van der Waals surface area contributed by atoms with Crippen LogP contribution < -0.4 is 19.7 Å². The van der Waals surface area contributed by atoms with E-state index in [0.717, 1.165) is 5.56 Å². The molecule has 0 aliphatic carbocycles. The van der Waals surface area contributed by atoms with Crippen LogP contribution in [0.1, 0.15) is 12.5 Å². The van der Waals surface area contributed by atoms with Gasteiger partial charge in [-0.05, 0) is 61.9 Å². The van der Waals surface area contributed by atoms with Gasteiger partial charge in [-0.25, -0.2) is 8.42 Å². The van der Waals surface area contributed by atoms with Crippen LogP contribution in [0.2, 0.25) is 5.02 Å². The first-order valence-electron chi connectivity index (χ1n) is 7.74. The van der Waals surface area contributed by atoms with Gasteiger partial charge in [0.1, 0.15) is 11.5 Å². The van der Waals surface area contributed by atoms with E-state index in [1.54, 1.807) is 25.1 Å². The van der Waals surface area contributed by atoms with Crippen LogP contribution in [0.25, 0.3) is 0 Å². The molecule has 26 heavy (non-hydrogen) atoms. The van der Waals surface area contributed by atoms with Crippen LogP contribution >= 0.6 is 11.6 Å². The molecule has 1 amide bonds. The molecule has 0 fully saturated rings. The van der Waals surface area contributed by atoms with E-state index in [9.17, 15) is 13.2 Å². The smallest absolute Gasteiger partial charge is 0.272 e. The summed E-state index contributed by atoms with van der Waals surface area (Å²) in [6.45, 7) is 3.76. The highest BCUT2D eigenvalue weighted by molar-refractivity contribution is 7.89. The van der Waals surface area contributed by atoms with Crippen molar-refractivity contribution in [1.29, 1.82) is 0 Å². The van der Waals surface area contributed by atoms with Crippen molar-refractivity contribution in [3.63, 3.8) is 0 Å². The molecular weight excluding hydrogens is 380 g/mol. The molecule has 7 nitrogen and oxygen atoms in total. The van der Waals surface area contributed by atoms with Crippen LogP contribution in [0.5, 0.6) is 11.5 Å². The van der Waals surface area contributed by atoms with Crippen molar-refractivity contribution >= 4 is 27.5 Å². The Kier molecular flexibility index (Phi) is 6.84. The summed E-state index contributed by atoms with van der Waals surface area (Å²) in [5.74, 6) is 0.366. The minimum Gasteiger partial charge on any atom is -0.494 e. The zero-order chi connectivity index (χ0) is 19.2. The number of sulfonamides is 1. The van der Waals surface area contributed by atoms with E-state index in [1.165, 1.54) is 24.3 Å². The molecule has 0 spiro atoms. The van der Waals surface area contributed by atoms with Gasteiger partial charge in [-0.3, -0.25) is 10.2 Å². The molecule has 2 rings (SSSR count). The Hall–Kier alpha value is -2.29. The zero-order valence-electron chi connectivity index (χ0n) is 14.3. The summed E-state index contributed by atoms with van der Waals surface area (Å²) < 4.78 is 34.8. The fourth-order valence-electron chi connectivity index (χ4n) is 1.96. The van der Waals surface area contributed by atoms with Crippen molar-refractivity contribution in [2.45, 2.75) is 18.7 Å². The molecule has 140 valence electrons. The molecule has 0 aromatic heterocycles. The lowest BCUT2D eigenvalue weighted by Crippen LogP contribution is -2.43. The number of hydrogen-bond donors (Lipinski definition) is 2. The van der Waals surface area contributed by atoms with Crippen molar-refractivity contribution < 1.29 is 22.7 Å². The first-order valence-corrected chi connectivity index (χ1v) is 9.60. The highest BCUT2D eigenvalue weighted by Crippen LogP contribution is 2.21. The number of rotatable bonds is 8. The van der Waals surface area contributed by atoms with Crippen molar-refractivity contribution in [1.82, 2.24) is 10.3 Å². The fraction of sp³-hybridized carbons (Fsp3) is 0.235. The van der Waals surface area contributed by atoms with E-state index < -0.39 is 15.9 Å². The number of hydrogen-bond acceptors (Lipinski definition) is 5. The van der Waals surface area contributed by atoms with Gasteiger partial charge in [0, 0.05) is 5.02 Å². The molecule has 0 aliphatic rings. The number of nitrogens with one attached hydrogen (secondary N) is 2. The number of halogens is 1. The van der Waals surface area contributed by atoms with Gasteiger partial charge in [0.25, 0.3) is 15.9 Å². The number of carbonyl (C=O) groups excluding carboxylic acids is 1. The van der Waals surface area contributed by atoms with E-state index in [2.05, 4.69) is 5.43 Å². The fourth-order valence-corrected chi connectivity index (χ4v) is 2.93. The molecule has 0 heterocycles. The van der Waals surface area contributed by atoms with E-state index in [-0.39, 0.29) is 11.5 Å². The maximum absolute atomic E-state index is 12.1. The van der Waals surface area contributed by atoms with Gasteiger partial charge in [-0.2, -0.15) is 0 Å². The number of carbonyl (C=O) groups is 1. The maximum Gasteiger partial charge on any atom is 0.272 e. The Bertz CT molecular complexity index is 869. The molecule has 2 N–H and O–H groups in total. The highest BCUT2D eigenvalue weighted by Gasteiger charge is 2.15. The Morgan fingerprint density at radius 3 is 2.35 bits per heavy atom. The lowest BCUT2D eigenvalue weighted by Gasteiger charge is -2.10. The summed E-state index contributed by atoms with van der Waals surface area (Å²) in [5, 5.41) is 0.588. The number of aryl methyl sites for hydroxylation is 1. The maximum atomic E-state index is 12.1. The number of amides is 1. The van der Waals surface area contributed by atoms with Crippen LogP contribution in [0.15, 0.2) is 47.4 Å². The van der Waals surface area contributed by atoms with Crippen molar-refractivity contribution in [3.8, 4) is 11.5 Å². The largest absolute Gasteiger partial charge is 0.494 e. The molecule has 0 radical (unpaired) electrons. The first-order chi connectivity index (χ1) is 12.3. The Labute approximate surface area is 157 Å².